The lowest BCUT2D eigenvalue weighted by Crippen LogP contribution is -1.97. The molecule has 0 aliphatic carbocycles. The van der Waals surface area contributed by atoms with Gasteiger partial charge in [0.2, 0.25) is 0 Å². The molecule has 0 aliphatic heterocycles. The molecule has 214 valence electrons. The minimum Gasteiger partial charge on any atom is -0.134 e. The molecule has 9 rings (SSSR count). The molecule has 2 atom stereocenters. The molecule has 0 radical (unpaired) electrons. The predicted molar refractivity (Wildman–Crippen MR) is 197 cm³/mol. The van der Waals surface area contributed by atoms with E-state index in [1.54, 1.807) is 0 Å². The van der Waals surface area contributed by atoms with Crippen molar-refractivity contribution in [3.63, 3.8) is 0 Å². The third-order valence-electron chi connectivity index (χ3n) is 10.1. The van der Waals surface area contributed by atoms with E-state index in [1.807, 2.05) is 11.3 Å². The van der Waals surface area contributed by atoms with Crippen molar-refractivity contribution in [1.29, 1.82) is 0 Å². The molecule has 0 spiro atoms. The van der Waals surface area contributed by atoms with Gasteiger partial charge in [-0.05, 0) is 60.6 Å². The van der Waals surface area contributed by atoms with E-state index in [-0.39, 0.29) is 0 Å². The van der Waals surface area contributed by atoms with Gasteiger partial charge in [0, 0.05) is 42.8 Å². The fourth-order valence-electron chi connectivity index (χ4n) is 7.68. The van der Waals surface area contributed by atoms with Crippen molar-refractivity contribution in [2.45, 2.75) is 25.7 Å². The van der Waals surface area contributed by atoms with Crippen molar-refractivity contribution in [2.75, 3.05) is 0 Å². The van der Waals surface area contributed by atoms with Gasteiger partial charge in [0.05, 0.1) is 0 Å². The lowest BCUT2D eigenvalue weighted by molar-refractivity contribution is 0.934. The van der Waals surface area contributed by atoms with Crippen LogP contribution in [0.5, 0.6) is 0 Å². The van der Waals surface area contributed by atoms with Crippen LogP contribution in [0, 0.1) is 0 Å². The van der Waals surface area contributed by atoms with Crippen molar-refractivity contribution in [1.82, 2.24) is 0 Å². The second-order valence-corrected chi connectivity index (χ2v) is 13.5. The lowest BCUT2D eigenvalue weighted by Gasteiger charge is -2.17. The van der Waals surface area contributed by atoms with Crippen LogP contribution in [0.3, 0.4) is 0 Å². The summed E-state index contributed by atoms with van der Waals surface area (Å²) in [5, 5.41) is 13.5. The Morgan fingerprint density at radius 1 is 0.378 bits per heavy atom. The molecule has 0 aliphatic rings. The van der Waals surface area contributed by atoms with Crippen molar-refractivity contribution in [2.24, 2.45) is 0 Å². The molecular weight excluding hydrogens is 561 g/mol. The Kier molecular flexibility index (Phi) is 6.05. The zero-order chi connectivity index (χ0) is 30.1. The Bertz CT molecular complexity index is 2560. The molecule has 0 bridgehead atoms. The maximum atomic E-state index is 2.49. The largest absolute Gasteiger partial charge is 0.134 e. The normalized spacial score (nSPS) is 13.4. The summed E-state index contributed by atoms with van der Waals surface area (Å²) in [6, 6.07) is 54.2. The van der Waals surface area contributed by atoms with Crippen molar-refractivity contribution < 1.29 is 0 Å². The maximum absolute atomic E-state index is 2.49. The Morgan fingerprint density at radius 3 is 1.60 bits per heavy atom. The molecule has 1 heteroatoms. The zero-order valence-electron chi connectivity index (χ0n) is 25.4. The molecule has 0 saturated heterocycles. The summed E-state index contributed by atoms with van der Waals surface area (Å²) in [7, 11) is 0. The molecule has 0 nitrogen and oxygen atoms in total. The lowest BCUT2D eigenvalue weighted by atomic mass is 9.86. The zero-order valence-corrected chi connectivity index (χ0v) is 26.2. The Labute approximate surface area is 267 Å². The Hall–Kier alpha value is -4.98. The fraction of sp³-hybridized carbons (Fsp3) is 0.0909. The van der Waals surface area contributed by atoms with Crippen molar-refractivity contribution in [3.05, 3.63) is 168 Å². The highest BCUT2D eigenvalue weighted by Crippen LogP contribution is 2.46. The highest BCUT2D eigenvalue weighted by molar-refractivity contribution is 7.27. The van der Waals surface area contributed by atoms with E-state index < -0.39 is 0 Å². The number of benzene rings is 8. The van der Waals surface area contributed by atoms with Gasteiger partial charge in [-0.2, -0.15) is 0 Å². The molecule has 0 saturated carbocycles. The molecule has 0 amide bonds. The van der Waals surface area contributed by atoms with Crippen LogP contribution in [-0.2, 0) is 0 Å². The van der Waals surface area contributed by atoms with Crippen molar-refractivity contribution >= 4 is 74.6 Å². The Balaban J connectivity index is 1.33. The van der Waals surface area contributed by atoms with Crippen LogP contribution in [0.4, 0.5) is 0 Å². The van der Waals surface area contributed by atoms with Crippen LogP contribution >= 0.6 is 11.3 Å². The molecule has 2 unspecified atom stereocenters. The first-order valence-electron chi connectivity index (χ1n) is 15.9. The maximum Gasteiger partial charge on any atom is 0.0434 e. The average molecular weight is 593 g/mol. The Morgan fingerprint density at radius 2 is 0.889 bits per heavy atom. The van der Waals surface area contributed by atoms with Gasteiger partial charge in [-0.15, -0.1) is 11.3 Å². The summed E-state index contributed by atoms with van der Waals surface area (Å²) < 4.78 is 2.76. The SMILES string of the molecule is CC(c1ccccc1)c1cc2c(ccc3c4ccc5c(ccc6cccc(C(C)c7ccccc7)c65)c4sc23)c2ccccc12. The van der Waals surface area contributed by atoms with Gasteiger partial charge in [-0.25, -0.2) is 0 Å². The van der Waals surface area contributed by atoms with E-state index in [9.17, 15) is 0 Å². The number of rotatable bonds is 4. The number of fused-ring (bicyclic) bond motifs is 11. The standard InChI is InChI=1S/C44H32S/c1-27(29-12-5-3-6-13-29)32-19-11-16-31-20-21-37-36(42(31)32)23-25-38-39-24-22-35-33-17-9-10-18-34(33)40(26-41(35)44(39)45-43(37)38)28(2)30-14-7-4-8-15-30/h3-28H,1-2H3. The average Bonchev–Trinajstić information content (AvgIpc) is 3.50. The minimum absolute atomic E-state index is 0.294. The monoisotopic (exact) mass is 592 g/mol. The summed E-state index contributed by atoms with van der Waals surface area (Å²) in [6.45, 7) is 4.69. The molecule has 8 aromatic carbocycles. The topological polar surface area (TPSA) is 0 Å². The third kappa shape index (κ3) is 4.04. The molecular formula is C44H32S. The first-order valence-corrected chi connectivity index (χ1v) is 16.7. The van der Waals surface area contributed by atoms with Crippen LogP contribution < -0.4 is 0 Å². The molecule has 1 heterocycles. The predicted octanol–water partition coefficient (Wildman–Crippen LogP) is 13.0. The minimum atomic E-state index is 0.294. The van der Waals surface area contributed by atoms with Gasteiger partial charge in [0.15, 0.2) is 0 Å². The molecule has 1 aromatic heterocycles. The van der Waals surface area contributed by atoms with E-state index >= 15 is 0 Å². The summed E-state index contributed by atoms with van der Waals surface area (Å²) in [4.78, 5) is 0. The van der Waals surface area contributed by atoms with Gasteiger partial charge < -0.3 is 0 Å². The van der Waals surface area contributed by atoms with Gasteiger partial charge >= 0.3 is 0 Å². The molecule has 0 N–H and O–H groups in total. The number of hydrogen-bond donors (Lipinski definition) is 0. The number of hydrogen-bond acceptors (Lipinski definition) is 1. The van der Waals surface area contributed by atoms with Crippen LogP contribution in [0.25, 0.3) is 63.3 Å². The van der Waals surface area contributed by atoms with Gasteiger partial charge in [0.1, 0.15) is 0 Å². The summed E-state index contributed by atoms with van der Waals surface area (Å²) >= 11 is 1.96. The highest BCUT2D eigenvalue weighted by Gasteiger charge is 2.19. The van der Waals surface area contributed by atoms with Crippen LogP contribution in [0.1, 0.15) is 47.9 Å². The first-order chi connectivity index (χ1) is 22.2. The smallest absolute Gasteiger partial charge is 0.0434 e. The van der Waals surface area contributed by atoms with Crippen LogP contribution in [0.15, 0.2) is 146 Å². The van der Waals surface area contributed by atoms with E-state index in [4.69, 9.17) is 0 Å². The highest BCUT2D eigenvalue weighted by atomic mass is 32.1. The van der Waals surface area contributed by atoms with Gasteiger partial charge in [-0.1, -0.05) is 153 Å². The summed E-state index contributed by atoms with van der Waals surface area (Å²) in [6.07, 6.45) is 0. The van der Waals surface area contributed by atoms with Gasteiger partial charge in [0.25, 0.3) is 0 Å². The summed E-state index contributed by atoms with van der Waals surface area (Å²) in [5.74, 6) is 0.600. The van der Waals surface area contributed by atoms with E-state index in [0.717, 1.165) is 0 Å². The second-order valence-electron chi connectivity index (χ2n) is 12.5. The van der Waals surface area contributed by atoms with Crippen molar-refractivity contribution in [3.8, 4) is 0 Å². The van der Waals surface area contributed by atoms with E-state index in [0.29, 0.717) is 11.8 Å². The van der Waals surface area contributed by atoms with Crippen LogP contribution in [-0.4, -0.2) is 0 Å². The molecule has 9 aromatic rings. The third-order valence-corrected chi connectivity index (χ3v) is 11.4. The van der Waals surface area contributed by atoms with E-state index in [1.165, 1.54) is 85.5 Å². The van der Waals surface area contributed by atoms with Crippen LogP contribution in [0.2, 0.25) is 0 Å². The number of thiophene rings is 1. The summed E-state index contributed by atoms with van der Waals surface area (Å²) in [5.41, 5.74) is 5.49. The quantitative estimate of drug-likeness (QED) is 0.178. The molecule has 45 heavy (non-hydrogen) atoms. The molecule has 0 fully saturated rings. The fourth-order valence-corrected chi connectivity index (χ4v) is 9.03. The first kappa shape index (κ1) is 26.4. The second kappa shape index (κ2) is 10.3. The van der Waals surface area contributed by atoms with E-state index in [2.05, 4.69) is 159 Å². The van der Waals surface area contributed by atoms with Gasteiger partial charge in [-0.3, -0.25) is 0 Å².